The van der Waals surface area contributed by atoms with Crippen LogP contribution in [0.5, 0.6) is 0 Å². The summed E-state index contributed by atoms with van der Waals surface area (Å²) in [5, 5.41) is 0. The van der Waals surface area contributed by atoms with Crippen LogP contribution in [0.4, 0.5) is 0 Å². The van der Waals surface area contributed by atoms with Crippen molar-refractivity contribution in [3.05, 3.63) is 0 Å². The van der Waals surface area contributed by atoms with Crippen molar-refractivity contribution in [2.45, 2.75) is 47.5 Å². The molecule has 1 saturated carbocycles. The summed E-state index contributed by atoms with van der Waals surface area (Å²) in [5.41, 5.74) is 0. The SMILES string of the molecule is CC1CC(CS(C)(C)(C)(C)C)C(C(C(C)C)C(C)C)C1. The lowest BCUT2D eigenvalue weighted by molar-refractivity contribution is 0.155. The van der Waals surface area contributed by atoms with Gasteiger partial charge in [-0.3, -0.25) is 8.29 Å². The molecule has 0 radical (unpaired) electrons. The number of hydrogen-bond donors (Lipinski definition) is 0. The van der Waals surface area contributed by atoms with Gasteiger partial charge in [-0.15, -0.1) is 0 Å². The van der Waals surface area contributed by atoms with E-state index >= 15 is 0 Å². The number of hydrogen-bond acceptors (Lipinski definition) is 0. The molecule has 0 nitrogen and oxygen atoms in total. The van der Waals surface area contributed by atoms with Crippen LogP contribution in [0.15, 0.2) is 0 Å². The molecule has 0 N–H and O–H groups in total. The van der Waals surface area contributed by atoms with Crippen LogP contribution in [0, 0.1) is 35.5 Å². The van der Waals surface area contributed by atoms with Crippen LogP contribution in [0.2, 0.25) is 0 Å². The van der Waals surface area contributed by atoms with Gasteiger partial charge in [0, 0.05) is 0 Å². The maximum atomic E-state index is 2.57. The molecule has 3 atom stereocenters. The van der Waals surface area contributed by atoms with Crippen molar-refractivity contribution in [2.75, 3.05) is 37.0 Å². The van der Waals surface area contributed by atoms with E-state index < -0.39 is 8.29 Å². The van der Waals surface area contributed by atoms with Crippen LogP contribution < -0.4 is 0 Å². The molecule has 1 fully saturated rings. The Morgan fingerprint density at radius 2 is 1.30 bits per heavy atom. The third-order valence-corrected chi connectivity index (χ3v) is 7.16. The second kappa shape index (κ2) is 4.93. The van der Waals surface area contributed by atoms with Crippen LogP contribution in [0.1, 0.15) is 47.5 Å². The average Bonchev–Trinajstić information content (AvgIpc) is 2.39. The predicted octanol–water partition coefficient (Wildman–Crippen LogP) is 5.60. The molecule has 0 aromatic carbocycles. The summed E-state index contributed by atoms with van der Waals surface area (Å²) in [6, 6.07) is 0. The van der Waals surface area contributed by atoms with Gasteiger partial charge in [0.2, 0.25) is 0 Å². The van der Waals surface area contributed by atoms with Crippen LogP contribution >= 0.6 is 8.29 Å². The molecule has 0 aromatic heterocycles. The lowest BCUT2D eigenvalue weighted by Gasteiger charge is -2.68. The molecular weight excluding hydrogens is 260 g/mol. The molecule has 0 heterocycles. The standard InChI is InChI=1S/C19H42S/c1-14(2)19(15(3)4)18-12-16(5)11-17(18)13-20(6,7,8,9)10/h14-19H,11-13H2,1-10H3. The Morgan fingerprint density at radius 1 is 0.850 bits per heavy atom. The maximum Gasteiger partial charge on any atom is -0.0314 e. The van der Waals surface area contributed by atoms with Gasteiger partial charge in [0.1, 0.15) is 0 Å². The van der Waals surface area contributed by atoms with Crippen molar-refractivity contribution < 1.29 is 0 Å². The predicted molar refractivity (Wildman–Crippen MR) is 101 cm³/mol. The average molecular weight is 303 g/mol. The fraction of sp³-hybridized carbons (Fsp3) is 1.00. The van der Waals surface area contributed by atoms with E-state index in [1.165, 1.54) is 18.6 Å². The highest BCUT2D eigenvalue weighted by atomic mass is 32.4. The summed E-state index contributed by atoms with van der Waals surface area (Å²) < 4.78 is 0. The molecule has 0 aliphatic heterocycles. The quantitative estimate of drug-likeness (QED) is 0.620. The molecule has 0 saturated heterocycles. The largest absolute Gasteiger partial charge is 0.286 e. The first-order chi connectivity index (χ1) is 8.59. The van der Waals surface area contributed by atoms with E-state index in [1.54, 1.807) is 0 Å². The molecule has 0 amide bonds. The summed E-state index contributed by atoms with van der Waals surface area (Å²) in [7, 11) is -1.81. The second-order valence-corrected chi connectivity index (χ2v) is 23.1. The molecule has 0 spiro atoms. The van der Waals surface area contributed by atoms with Gasteiger partial charge in [-0.1, -0.05) is 34.6 Å². The lowest BCUT2D eigenvalue weighted by atomic mass is 9.72. The lowest BCUT2D eigenvalue weighted by Crippen LogP contribution is -2.40. The second-order valence-electron chi connectivity index (χ2n) is 11.8. The van der Waals surface area contributed by atoms with Gasteiger partial charge in [0.15, 0.2) is 0 Å². The highest BCUT2D eigenvalue weighted by molar-refractivity contribution is 8.62. The highest BCUT2D eigenvalue weighted by Crippen LogP contribution is 2.77. The molecule has 20 heavy (non-hydrogen) atoms. The zero-order valence-corrected chi connectivity index (χ0v) is 16.8. The van der Waals surface area contributed by atoms with Gasteiger partial charge >= 0.3 is 0 Å². The fourth-order valence-corrected chi connectivity index (χ4v) is 7.46. The third kappa shape index (κ3) is 5.62. The smallest absolute Gasteiger partial charge is 0.0314 e. The van der Waals surface area contributed by atoms with Crippen molar-refractivity contribution in [2.24, 2.45) is 35.5 Å². The summed E-state index contributed by atoms with van der Waals surface area (Å²) in [4.78, 5) is 0. The first-order valence-electron chi connectivity index (χ1n) is 8.59. The molecule has 0 aromatic rings. The van der Waals surface area contributed by atoms with Gasteiger partial charge in [-0.2, -0.15) is 0 Å². The fourth-order valence-electron chi connectivity index (χ4n) is 4.94. The Hall–Kier alpha value is 0.350. The van der Waals surface area contributed by atoms with Gasteiger partial charge < -0.3 is 0 Å². The van der Waals surface area contributed by atoms with Crippen molar-refractivity contribution >= 4 is 8.29 Å². The normalized spacial score (nSPS) is 31.9. The topological polar surface area (TPSA) is 0 Å². The van der Waals surface area contributed by atoms with Crippen LogP contribution in [-0.2, 0) is 0 Å². The minimum absolute atomic E-state index is 0.826. The minimum Gasteiger partial charge on any atom is -0.286 e. The van der Waals surface area contributed by atoms with E-state index in [4.69, 9.17) is 0 Å². The van der Waals surface area contributed by atoms with Gasteiger partial charge in [0.05, 0.1) is 0 Å². The first kappa shape index (κ1) is 18.4. The molecular formula is C19H42S. The molecule has 1 aliphatic rings. The monoisotopic (exact) mass is 302 g/mol. The Balaban J connectivity index is 3.01. The summed E-state index contributed by atoms with van der Waals surface area (Å²) in [6.45, 7) is 12.3. The van der Waals surface area contributed by atoms with E-state index in [1.807, 2.05) is 0 Å². The first-order valence-corrected chi connectivity index (χ1v) is 13.3. The molecule has 1 rings (SSSR count). The summed E-state index contributed by atoms with van der Waals surface area (Å²) >= 11 is 0. The third-order valence-electron chi connectivity index (χ3n) is 5.07. The summed E-state index contributed by atoms with van der Waals surface area (Å²) in [6.07, 6.45) is 15.8. The van der Waals surface area contributed by atoms with Crippen LogP contribution in [0.25, 0.3) is 0 Å². The molecule has 1 aliphatic carbocycles. The minimum atomic E-state index is -1.81. The van der Waals surface area contributed by atoms with Crippen molar-refractivity contribution in [3.8, 4) is 0 Å². The molecule has 1 heteroatoms. The Bertz CT molecular complexity index is 321. The van der Waals surface area contributed by atoms with E-state index in [0.29, 0.717) is 0 Å². The van der Waals surface area contributed by atoms with Crippen molar-refractivity contribution in [3.63, 3.8) is 0 Å². The maximum absolute atomic E-state index is 2.57. The Kier molecular flexibility index (Phi) is 4.54. The highest BCUT2D eigenvalue weighted by Gasteiger charge is 2.46. The van der Waals surface area contributed by atoms with Crippen molar-refractivity contribution in [1.82, 2.24) is 0 Å². The Morgan fingerprint density at radius 3 is 1.65 bits per heavy atom. The van der Waals surface area contributed by atoms with Crippen molar-refractivity contribution in [1.29, 1.82) is 0 Å². The number of rotatable bonds is 5. The van der Waals surface area contributed by atoms with Gasteiger partial charge in [-0.05, 0) is 85.4 Å². The van der Waals surface area contributed by atoms with Crippen LogP contribution in [-0.4, -0.2) is 37.0 Å². The zero-order chi connectivity index (χ0) is 16.0. The summed E-state index contributed by atoms with van der Waals surface area (Å²) in [5.74, 6) is 6.87. The molecule has 0 bridgehead atoms. The zero-order valence-electron chi connectivity index (χ0n) is 16.0. The van der Waals surface area contributed by atoms with Gasteiger partial charge in [-0.25, -0.2) is 0 Å². The van der Waals surface area contributed by atoms with E-state index in [-0.39, 0.29) is 0 Å². The van der Waals surface area contributed by atoms with E-state index in [0.717, 1.165) is 35.5 Å². The molecule has 3 unspecified atom stereocenters. The van der Waals surface area contributed by atoms with Gasteiger partial charge in [0.25, 0.3) is 0 Å². The molecule has 124 valence electrons. The van der Waals surface area contributed by atoms with E-state index in [2.05, 4.69) is 65.9 Å². The van der Waals surface area contributed by atoms with E-state index in [9.17, 15) is 0 Å². The Labute approximate surface area is 128 Å². The van der Waals surface area contributed by atoms with Crippen LogP contribution in [0.3, 0.4) is 0 Å².